The standard InChI is InChI=1S/C10H11F2/c1-7(2)6-8-9(11)4-3-5-10(8)12/h4-5,7H,6H2,1-2H3. The predicted molar refractivity (Wildman–Crippen MR) is 43.7 cm³/mol. The Bertz CT molecular complexity index is 246. The molecule has 0 aliphatic heterocycles. The van der Waals surface area contributed by atoms with Gasteiger partial charge in [-0.1, -0.05) is 13.8 Å². The molecule has 0 amide bonds. The van der Waals surface area contributed by atoms with E-state index >= 15 is 0 Å². The zero-order valence-corrected chi connectivity index (χ0v) is 7.20. The van der Waals surface area contributed by atoms with Gasteiger partial charge in [0.05, 0.1) is 0 Å². The van der Waals surface area contributed by atoms with Gasteiger partial charge in [-0.15, -0.1) is 0 Å². The molecule has 0 fully saturated rings. The minimum atomic E-state index is -0.497. The summed E-state index contributed by atoms with van der Waals surface area (Å²) in [6, 6.07) is 4.73. The van der Waals surface area contributed by atoms with Crippen LogP contribution in [-0.4, -0.2) is 0 Å². The van der Waals surface area contributed by atoms with Gasteiger partial charge in [0, 0.05) is 5.56 Å². The van der Waals surface area contributed by atoms with Crippen LogP contribution in [0.5, 0.6) is 0 Å². The Morgan fingerprint density at radius 3 is 2.17 bits per heavy atom. The summed E-state index contributed by atoms with van der Waals surface area (Å²) < 4.78 is 25.9. The van der Waals surface area contributed by atoms with Gasteiger partial charge in [0.2, 0.25) is 0 Å². The molecule has 0 saturated carbocycles. The molecule has 2 heteroatoms. The third kappa shape index (κ3) is 2.03. The van der Waals surface area contributed by atoms with Crippen LogP contribution in [0.1, 0.15) is 19.4 Å². The first kappa shape index (κ1) is 9.17. The van der Waals surface area contributed by atoms with Crippen LogP contribution in [-0.2, 0) is 6.42 Å². The summed E-state index contributed by atoms with van der Waals surface area (Å²) in [5, 5.41) is 0. The van der Waals surface area contributed by atoms with Gasteiger partial charge in [-0.2, -0.15) is 0 Å². The summed E-state index contributed by atoms with van der Waals surface area (Å²) in [6.07, 6.45) is 0.437. The van der Waals surface area contributed by atoms with Gasteiger partial charge < -0.3 is 0 Å². The monoisotopic (exact) mass is 169 g/mol. The van der Waals surface area contributed by atoms with Crippen LogP contribution in [0.2, 0.25) is 0 Å². The lowest BCUT2D eigenvalue weighted by molar-refractivity contribution is 0.525. The zero-order valence-electron chi connectivity index (χ0n) is 7.20. The van der Waals surface area contributed by atoms with Gasteiger partial charge in [0.25, 0.3) is 0 Å². The summed E-state index contributed by atoms with van der Waals surface area (Å²) >= 11 is 0. The van der Waals surface area contributed by atoms with Crippen molar-refractivity contribution >= 4 is 0 Å². The molecule has 0 aromatic heterocycles. The number of hydrogen-bond donors (Lipinski definition) is 0. The van der Waals surface area contributed by atoms with Crippen LogP contribution in [0, 0.1) is 23.6 Å². The average molecular weight is 169 g/mol. The zero-order chi connectivity index (χ0) is 9.14. The van der Waals surface area contributed by atoms with E-state index in [-0.39, 0.29) is 11.5 Å². The minimum absolute atomic E-state index is 0.170. The Morgan fingerprint density at radius 1 is 1.25 bits per heavy atom. The number of benzene rings is 1. The third-order valence-corrected chi connectivity index (χ3v) is 1.61. The summed E-state index contributed by atoms with van der Waals surface area (Å²) in [6.45, 7) is 3.85. The second-order valence-corrected chi connectivity index (χ2v) is 3.23. The van der Waals surface area contributed by atoms with E-state index in [1.807, 2.05) is 13.8 Å². The Kier molecular flexibility index (Phi) is 2.79. The molecule has 0 saturated heterocycles. The van der Waals surface area contributed by atoms with Gasteiger partial charge in [0.15, 0.2) is 0 Å². The molecule has 0 atom stereocenters. The molecule has 0 aliphatic rings. The second kappa shape index (κ2) is 3.65. The highest BCUT2D eigenvalue weighted by Gasteiger charge is 2.09. The van der Waals surface area contributed by atoms with E-state index < -0.39 is 11.6 Å². The lowest BCUT2D eigenvalue weighted by Crippen LogP contribution is -2.00. The van der Waals surface area contributed by atoms with E-state index in [9.17, 15) is 8.78 Å². The molecule has 0 spiro atoms. The van der Waals surface area contributed by atoms with Gasteiger partial charge in [0.1, 0.15) is 11.6 Å². The second-order valence-electron chi connectivity index (χ2n) is 3.23. The van der Waals surface area contributed by atoms with Crippen LogP contribution in [0.15, 0.2) is 12.1 Å². The van der Waals surface area contributed by atoms with Crippen molar-refractivity contribution in [3.63, 3.8) is 0 Å². The Labute approximate surface area is 71.2 Å². The summed E-state index contributed by atoms with van der Waals surface area (Å²) in [7, 11) is 0. The Morgan fingerprint density at radius 2 is 1.75 bits per heavy atom. The average Bonchev–Trinajstić information content (AvgIpc) is 1.97. The number of halogens is 2. The van der Waals surface area contributed by atoms with Gasteiger partial charge >= 0.3 is 0 Å². The van der Waals surface area contributed by atoms with Crippen LogP contribution < -0.4 is 0 Å². The molecule has 65 valence electrons. The Hall–Kier alpha value is -0.920. The van der Waals surface area contributed by atoms with Gasteiger partial charge in [-0.25, -0.2) is 8.78 Å². The smallest absolute Gasteiger partial charge is 0.129 e. The molecule has 0 heterocycles. The van der Waals surface area contributed by atoms with Crippen molar-refractivity contribution in [2.24, 2.45) is 5.92 Å². The summed E-state index contributed by atoms with van der Waals surface area (Å²) in [5.74, 6) is -0.733. The Balaban J connectivity index is 2.96. The molecular weight excluding hydrogens is 158 g/mol. The van der Waals surface area contributed by atoms with Crippen LogP contribution in [0.25, 0.3) is 0 Å². The van der Waals surface area contributed by atoms with Crippen molar-refractivity contribution in [2.45, 2.75) is 20.3 Å². The van der Waals surface area contributed by atoms with Gasteiger partial charge in [-0.05, 0) is 30.5 Å². The maximum Gasteiger partial charge on any atom is 0.129 e. The summed E-state index contributed by atoms with van der Waals surface area (Å²) in [5.41, 5.74) is 0.170. The van der Waals surface area contributed by atoms with E-state index in [1.165, 1.54) is 12.1 Å². The van der Waals surface area contributed by atoms with Crippen molar-refractivity contribution in [3.05, 3.63) is 35.4 Å². The molecule has 1 radical (unpaired) electrons. The molecular formula is C10H11F2. The fourth-order valence-electron chi connectivity index (χ4n) is 1.08. The van der Waals surface area contributed by atoms with Crippen molar-refractivity contribution in [1.29, 1.82) is 0 Å². The topological polar surface area (TPSA) is 0 Å². The molecule has 0 nitrogen and oxygen atoms in total. The normalized spacial score (nSPS) is 10.8. The highest BCUT2D eigenvalue weighted by molar-refractivity contribution is 5.19. The first-order chi connectivity index (χ1) is 5.61. The molecule has 0 unspecified atom stereocenters. The number of hydrogen-bond acceptors (Lipinski definition) is 0. The SMILES string of the molecule is CC(C)Cc1c(F)c[c]cc1F. The molecule has 1 aromatic rings. The van der Waals surface area contributed by atoms with Gasteiger partial charge in [-0.3, -0.25) is 0 Å². The van der Waals surface area contributed by atoms with Crippen molar-refractivity contribution in [2.75, 3.05) is 0 Å². The molecule has 1 rings (SSSR count). The quantitative estimate of drug-likeness (QED) is 0.638. The largest absolute Gasteiger partial charge is 0.207 e. The molecule has 0 N–H and O–H groups in total. The lowest BCUT2D eigenvalue weighted by atomic mass is 10.0. The number of rotatable bonds is 2. The van der Waals surface area contributed by atoms with E-state index in [0.29, 0.717) is 6.42 Å². The van der Waals surface area contributed by atoms with Crippen molar-refractivity contribution in [1.82, 2.24) is 0 Å². The predicted octanol–water partition coefficient (Wildman–Crippen LogP) is 2.96. The van der Waals surface area contributed by atoms with E-state index in [0.717, 1.165) is 0 Å². The first-order valence-electron chi connectivity index (χ1n) is 3.95. The summed E-state index contributed by atoms with van der Waals surface area (Å²) in [4.78, 5) is 0. The highest BCUT2D eigenvalue weighted by atomic mass is 19.1. The minimum Gasteiger partial charge on any atom is -0.207 e. The molecule has 12 heavy (non-hydrogen) atoms. The van der Waals surface area contributed by atoms with E-state index in [1.54, 1.807) is 0 Å². The fourth-order valence-corrected chi connectivity index (χ4v) is 1.08. The fraction of sp³-hybridized carbons (Fsp3) is 0.400. The lowest BCUT2D eigenvalue weighted by Gasteiger charge is -2.06. The molecule has 1 aromatic carbocycles. The van der Waals surface area contributed by atoms with Crippen LogP contribution >= 0.6 is 0 Å². The van der Waals surface area contributed by atoms with Crippen molar-refractivity contribution in [3.8, 4) is 0 Å². The first-order valence-corrected chi connectivity index (χ1v) is 3.95. The maximum absolute atomic E-state index is 12.9. The third-order valence-electron chi connectivity index (χ3n) is 1.61. The maximum atomic E-state index is 12.9. The highest BCUT2D eigenvalue weighted by Crippen LogP contribution is 2.15. The van der Waals surface area contributed by atoms with E-state index in [2.05, 4.69) is 6.07 Å². The van der Waals surface area contributed by atoms with Crippen molar-refractivity contribution < 1.29 is 8.78 Å². The molecule has 0 aliphatic carbocycles. The van der Waals surface area contributed by atoms with E-state index in [4.69, 9.17) is 0 Å². The van der Waals surface area contributed by atoms with Crippen LogP contribution in [0.3, 0.4) is 0 Å². The van der Waals surface area contributed by atoms with Crippen LogP contribution in [0.4, 0.5) is 8.78 Å². The molecule has 0 bridgehead atoms.